The molecule has 0 bridgehead atoms. The first-order valence-corrected chi connectivity index (χ1v) is 6.68. The summed E-state index contributed by atoms with van der Waals surface area (Å²) < 4.78 is 1.69. The topological polar surface area (TPSA) is 68.0 Å². The fourth-order valence-corrected chi connectivity index (χ4v) is 2.20. The van der Waals surface area contributed by atoms with Gasteiger partial charge in [-0.1, -0.05) is 48.9 Å². The van der Waals surface area contributed by atoms with Crippen LogP contribution in [0.1, 0.15) is 41.2 Å². The number of aromatic carboxylic acids is 1. The van der Waals surface area contributed by atoms with E-state index in [4.69, 9.17) is 0 Å². The molecule has 0 aliphatic rings. The molecule has 1 N–H and O–H groups in total. The maximum Gasteiger partial charge on any atom is 0.358 e. The molecule has 0 radical (unpaired) electrons. The van der Waals surface area contributed by atoms with Crippen LogP contribution < -0.4 is 0 Å². The molecule has 0 amide bonds. The van der Waals surface area contributed by atoms with Crippen LogP contribution in [0, 0.1) is 12.8 Å². The Balaban J connectivity index is 2.33. The molecular formula is C15H19N3O2. The van der Waals surface area contributed by atoms with Gasteiger partial charge in [0.1, 0.15) is 0 Å². The Labute approximate surface area is 118 Å². The van der Waals surface area contributed by atoms with Crippen LogP contribution in [0.4, 0.5) is 0 Å². The van der Waals surface area contributed by atoms with Crippen molar-refractivity contribution >= 4 is 5.97 Å². The number of hydrogen-bond acceptors (Lipinski definition) is 3. The zero-order valence-electron chi connectivity index (χ0n) is 12.0. The van der Waals surface area contributed by atoms with Crippen LogP contribution in [0.3, 0.4) is 0 Å². The number of nitrogens with zero attached hydrogens (tertiary/aromatic N) is 3. The average molecular weight is 273 g/mol. The van der Waals surface area contributed by atoms with E-state index in [0.717, 1.165) is 5.56 Å². The van der Waals surface area contributed by atoms with Gasteiger partial charge in [0.25, 0.3) is 0 Å². The quantitative estimate of drug-likeness (QED) is 0.909. The summed E-state index contributed by atoms with van der Waals surface area (Å²) in [6, 6.07) is 8.10. The summed E-state index contributed by atoms with van der Waals surface area (Å²) in [5.41, 5.74) is 3.02. The highest BCUT2D eigenvalue weighted by Crippen LogP contribution is 2.14. The summed E-state index contributed by atoms with van der Waals surface area (Å²) in [6.07, 6.45) is 0.653. The van der Waals surface area contributed by atoms with Gasteiger partial charge in [-0.25, -0.2) is 9.48 Å². The van der Waals surface area contributed by atoms with E-state index >= 15 is 0 Å². The molecule has 0 aliphatic carbocycles. The number of aryl methyl sites for hydroxylation is 1. The maximum atomic E-state index is 11.2. The van der Waals surface area contributed by atoms with Gasteiger partial charge in [0, 0.05) is 0 Å². The van der Waals surface area contributed by atoms with Crippen molar-refractivity contribution in [2.24, 2.45) is 5.92 Å². The van der Waals surface area contributed by atoms with Crippen molar-refractivity contribution in [3.8, 4) is 0 Å². The third-order valence-corrected chi connectivity index (χ3v) is 3.06. The average Bonchev–Trinajstić information content (AvgIpc) is 2.72. The lowest BCUT2D eigenvalue weighted by atomic mass is 10.1. The molecule has 2 rings (SSSR count). The van der Waals surface area contributed by atoms with E-state index in [2.05, 4.69) is 30.2 Å². The molecule has 0 unspecified atom stereocenters. The molecule has 0 spiro atoms. The minimum atomic E-state index is -1.02. The molecule has 1 aromatic carbocycles. The Bertz CT molecular complexity index is 617. The van der Waals surface area contributed by atoms with Gasteiger partial charge in [-0.15, -0.1) is 5.10 Å². The Morgan fingerprint density at radius 1 is 1.40 bits per heavy atom. The monoisotopic (exact) mass is 273 g/mol. The standard InChI is InChI=1S/C15H19N3O2/c1-10(2)7-13-14(15(19)20)16-17-18(13)9-12-6-4-5-11(3)8-12/h4-6,8,10H,7,9H2,1-3H3,(H,19,20). The highest BCUT2D eigenvalue weighted by Gasteiger charge is 2.19. The second-order valence-electron chi connectivity index (χ2n) is 5.43. The number of benzene rings is 1. The molecular weight excluding hydrogens is 254 g/mol. The molecule has 5 heteroatoms. The zero-order valence-corrected chi connectivity index (χ0v) is 12.0. The molecule has 20 heavy (non-hydrogen) atoms. The van der Waals surface area contributed by atoms with E-state index in [9.17, 15) is 9.90 Å². The normalized spacial score (nSPS) is 11.0. The lowest BCUT2D eigenvalue weighted by molar-refractivity contribution is 0.0689. The van der Waals surface area contributed by atoms with Gasteiger partial charge < -0.3 is 5.11 Å². The first-order valence-electron chi connectivity index (χ1n) is 6.68. The maximum absolute atomic E-state index is 11.2. The van der Waals surface area contributed by atoms with E-state index in [1.165, 1.54) is 5.56 Å². The molecule has 0 atom stereocenters. The van der Waals surface area contributed by atoms with Crippen LogP contribution in [-0.4, -0.2) is 26.1 Å². The molecule has 0 aliphatic heterocycles. The first kappa shape index (κ1) is 14.2. The lowest BCUT2D eigenvalue weighted by Gasteiger charge is -2.09. The molecule has 5 nitrogen and oxygen atoms in total. The molecule has 0 saturated heterocycles. The number of carboxylic acids is 1. The fourth-order valence-electron chi connectivity index (χ4n) is 2.20. The summed E-state index contributed by atoms with van der Waals surface area (Å²) in [4.78, 5) is 11.2. The van der Waals surface area contributed by atoms with Crippen molar-refractivity contribution in [2.75, 3.05) is 0 Å². The van der Waals surface area contributed by atoms with Crippen LogP contribution in [-0.2, 0) is 13.0 Å². The van der Waals surface area contributed by atoms with Crippen LogP contribution in [0.15, 0.2) is 24.3 Å². The predicted octanol–water partition coefficient (Wildman–Crippen LogP) is 2.53. The van der Waals surface area contributed by atoms with Crippen LogP contribution in [0.25, 0.3) is 0 Å². The van der Waals surface area contributed by atoms with Crippen LogP contribution in [0.2, 0.25) is 0 Å². The highest BCUT2D eigenvalue weighted by molar-refractivity contribution is 5.86. The van der Waals surface area contributed by atoms with Crippen molar-refractivity contribution in [3.63, 3.8) is 0 Å². The summed E-state index contributed by atoms with van der Waals surface area (Å²) in [5.74, 6) is -0.668. The third kappa shape index (κ3) is 3.23. The predicted molar refractivity (Wildman–Crippen MR) is 75.8 cm³/mol. The molecule has 1 aromatic heterocycles. The summed E-state index contributed by atoms with van der Waals surface area (Å²) in [6.45, 7) is 6.68. The number of hydrogen-bond donors (Lipinski definition) is 1. The molecule has 2 aromatic rings. The second kappa shape index (κ2) is 5.86. The second-order valence-corrected chi connectivity index (χ2v) is 5.43. The van der Waals surface area contributed by atoms with Crippen LogP contribution in [0.5, 0.6) is 0 Å². The van der Waals surface area contributed by atoms with Crippen molar-refractivity contribution in [1.29, 1.82) is 0 Å². The summed E-state index contributed by atoms with van der Waals surface area (Å²) >= 11 is 0. The van der Waals surface area contributed by atoms with E-state index < -0.39 is 5.97 Å². The van der Waals surface area contributed by atoms with Crippen molar-refractivity contribution in [1.82, 2.24) is 15.0 Å². The van der Waals surface area contributed by atoms with Gasteiger partial charge in [0.05, 0.1) is 12.2 Å². The van der Waals surface area contributed by atoms with Crippen LogP contribution >= 0.6 is 0 Å². The summed E-state index contributed by atoms with van der Waals surface area (Å²) in [7, 11) is 0. The van der Waals surface area contributed by atoms with E-state index in [1.54, 1.807) is 4.68 Å². The fraction of sp³-hybridized carbons (Fsp3) is 0.400. The van der Waals surface area contributed by atoms with E-state index in [1.807, 2.05) is 25.1 Å². The van der Waals surface area contributed by atoms with Crippen molar-refractivity contribution in [3.05, 3.63) is 46.8 Å². The molecule has 1 heterocycles. The van der Waals surface area contributed by atoms with E-state index in [0.29, 0.717) is 24.6 Å². The Kier molecular flexibility index (Phi) is 4.17. The van der Waals surface area contributed by atoms with Gasteiger partial charge in [0.2, 0.25) is 0 Å². The smallest absolute Gasteiger partial charge is 0.358 e. The molecule has 0 saturated carbocycles. The Morgan fingerprint density at radius 3 is 2.75 bits per heavy atom. The molecule has 106 valence electrons. The number of carboxylic acid groups (broad SMARTS) is 1. The van der Waals surface area contributed by atoms with E-state index in [-0.39, 0.29) is 5.69 Å². The Morgan fingerprint density at radius 2 is 2.15 bits per heavy atom. The third-order valence-electron chi connectivity index (χ3n) is 3.06. The first-order chi connectivity index (χ1) is 9.47. The number of aromatic nitrogens is 3. The van der Waals surface area contributed by atoms with Crippen molar-refractivity contribution in [2.45, 2.75) is 33.7 Å². The lowest BCUT2D eigenvalue weighted by Crippen LogP contribution is -2.12. The highest BCUT2D eigenvalue weighted by atomic mass is 16.4. The van der Waals surface area contributed by atoms with Gasteiger partial charge in [-0.05, 0) is 24.8 Å². The summed E-state index contributed by atoms with van der Waals surface area (Å²) in [5, 5.41) is 17.0. The SMILES string of the molecule is Cc1cccc(Cn2nnc(C(=O)O)c2CC(C)C)c1. The van der Waals surface area contributed by atoms with Gasteiger partial charge in [-0.2, -0.15) is 0 Å². The number of carbonyl (C=O) groups is 1. The van der Waals surface area contributed by atoms with Gasteiger partial charge in [-0.3, -0.25) is 0 Å². The minimum Gasteiger partial charge on any atom is -0.476 e. The Hall–Kier alpha value is -2.17. The van der Waals surface area contributed by atoms with Gasteiger partial charge in [0.15, 0.2) is 5.69 Å². The molecule has 0 fully saturated rings. The zero-order chi connectivity index (χ0) is 14.7. The minimum absolute atomic E-state index is 0.0614. The van der Waals surface area contributed by atoms with Gasteiger partial charge >= 0.3 is 5.97 Å². The van der Waals surface area contributed by atoms with Crippen molar-refractivity contribution < 1.29 is 9.90 Å². The largest absolute Gasteiger partial charge is 0.476 e. The number of rotatable bonds is 5.